The van der Waals surface area contributed by atoms with Crippen LogP contribution < -0.4 is 4.74 Å². The number of nitrogens with zero attached hydrogens (tertiary/aromatic N) is 1. The molecule has 0 spiro atoms. The van der Waals surface area contributed by atoms with E-state index < -0.39 is 0 Å². The Hall–Kier alpha value is -1.22. The number of benzene rings is 1. The molecule has 1 heterocycles. The molecule has 142 valence electrons. The van der Waals surface area contributed by atoms with Crippen LogP contribution in [0.25, 0.3) is 0 Å². The number of carbonyl (C=O) groups excluding carboxylic acids is 1. The summed E-state index contributed by atoms with van der Waals surface area (Å²) in [5, 5.41) is 0.734. The van der Waals surface area contributed by atoms with Gasteiger partial charge in [0.05, 0.1) is 6.61 Å². The lowest BCUT2D eigenvalue weighted by Crippen LogP contribution is -2.39. The summed E-state index contributed by atoms with van der Waals surface area (Å²) in [6.45, 7) is 1.70. The van der Waals surface area contributed by atoms with E-state index in [1.807, 2.05) is 18.2 Å². The van der Waals surface area contributed by atoms with Gasteiger partial charge in [-0.25, -0.2) is 0 Å². The van der Waals surface area contributed by atoms with Gasteiger partial charge in [-0.2, -0.15) is 0 Å². The monoisotopic (exact) mass is 375 g/mol. The highest BCUT2D eigenvalue weighted by Crippen LogP contribution is 2.34. The van der Waals surface area contributed by atoms with Crippen LogP contribution in [0.4, 0.5) is 0 Å². The predicted molar refractivity (Wildman–Crippen MR) is 105 cm³/mol. The third-order valence-corrected chi connectivity index (χ3v) is 6.70. The molecule has 1 unspecified atom stereocenters. The molecule has 26 heavy (non-hydrogen) atoms. The number of hydrogen-bond acceptors (Lipinski definition) is 2. The van der Waals surface area contributed by atoms with Crippen molar-refractivity contribution < 1.29 is 9.53 Å². The normalized spacial score (nSPS) is 24.3. The first-order chi connectivity index (χ1) is 12.7. The van der Waals surface area contributed by atoms with Crippen LogP contribution in [0.15, 0.2) is 18.2 Å². The van der Waals surface area contributed by atoms with Gasteiger partial charge in [-0.05, 0) is 55.7 Å². The van der Waals surface area contributed by atoms with E-state index in [4.69, 9.17) is 16.3 Å². The first-order valence-corrected chi connectivity index (χ1v) is 10.8. The Labute approximate surface area is 162 Å². The van der Waals surface area contributed by atoms with Gasteiger partial charge in [-0.3, -0.25) is 4.79 Å². The Kier molecular flexibility index (Phi) is 5.73. The van der Waals surface area contributed by atoms with Crippen LogP contribution in [-0.4, -0.2) is 30.0 Å². The molecular formula is C22H30ClNO2. The van der Waals surface area contributed by atoms with Crippen molar-refractivity contribution in [3.8, 4) is 5.75 Å². The van der Waals surface area contributed by atoms with Crippen molar-refractivity contribution in [1.29, 1.82) is 0 Å². The molecule has 1 aromatic carbocycles. The molecule has 0 bridgehead atoms. The lowest BCUT2D eigenvalue weighted by Gasteiger charge is -2.31. The van der Waals surface area contributed by atoms with Gasteiger partial charge in [0.1, 0.15) is 5.75 Å². The van der Waals surface area contributed by atoms with Crippen molar-refractivity contribution in [3.05, 3.63) is 28.8 Å². The van der Waals surface area contributed by atoms with Crippen LogP contribution in [-0.2, 0) is 11.2 Å². The van der Waals surface area contributed by atoms with Crippen LogP contribution in [0.3, 0.4) is 0 Å². The molecule has 0 aromatic heterocycles. The van der Waals surface area contributed by atoms with E-state index >= 15 is 0 Å². The number of likely N-dealkylation sites (tertiary alicyclic amines) is 1. The van der Waals surface area contributed by atoms with E-state index in [2.05, 4.69) is 4.90 Å². The van der Waals surface area contributed by atoms with Crippen LogP contribution >= 0.6 is 11.6 Å². The summed E-state index contributed by atoms with van der Waals surface area (Å²) in [5.41, 5.74) is 1.07. The molecule has 0 N–H and O–H groups in total. The molecule has 1 aliphatic heterocycles. The summed E-state index contributed by atoms with van der Waals surface area (Å²) in [5.74, 6) is 2.17. The van der Waals surface area contributed by atoms with Crippen LogP contribution in [0.1, 0.15) is 63.4 Å². The van der Waals surface area contributed by atoms with E-state index in [1.165, 1.54) is 44.9 Å². The number of carbonyl (C=O) groups is 1. The fourth-order valence-electron chi connectivity index (χ4n) is 4.51. The SMILES string of the molecule is O=C1C(Cc2ccc(OCCC3CC3)cc2Cl)CCN1C1CCCCC1. The van der Waals surface area contributed by atoms with Gasteiger partial charge < -0.3 is 9.64 Å². The molecule has 1 saturated heterocycles. The van der Waals surface area contributed by atoms with Crippen molar-refractivity contribution >= 4 is 17.5 Å². The molecule has 2 saturated carbocycles. The maximum atomic E-state index is 12.9. The summed E-state index contributed by atoms with van der Waals surface area (Å²) < 4.78 is 5.82. The smallest absolute Gasteiger partial charge is 0.226 e. The van der Waals surface area contributed by atoms with Gasteiger partial charge in [-0.15, -0.1) is 0 Å². The fraction of sp³-hybridized carbons (Fsp3) is 0.682. The minimum Gasteiger partial charge on any atom is -0.494 e. The predicted octanol–water partition coefficient (Wildman–Crippen LogP) is 5.24. The van der Waals surface area contributed by atoms with E-state index in [9.17, 15) is 4.79 Å². The number of halogens is 1. The summed E-state index contributed by atoms with van der Waals surface area (Å²) in [6, 6.07) is 6.46. The highest BCUT2D eigenvalue weighted by molar-refractivity contribution is 6.31. The molecule has 0 radical (unpaired) electrons. The molecule has 3 fully saturated rings. The van der Waals surface area contributed by atoms with Crippen molar-refractivity contribution in [2.24, 2.45) is 11.8 Å². The highest BCUT2D eigenvalue weighted by Gasteiger charge is 2.36. The lowest BCUT2D eigenvalue weighted by molar-refractivity contribution is -0.133. The summed E-state index contributed by atoms with van der Waals surface area (Å²) in [7, 11) is 0. The van der Waals surface area contributed by atoms with Gasteiger partial charge in [0.2, 0.25) is 5.91 Å². The third kappa shape index (κ3) is 4.36. The molecular weight excluding hydrogens is 346 g/mol. The minimum atomic E-state index is 0.0936. The van der Waals surface area contributed by atoms with E-state index in [0.29, 0.717) is 11.9 Å². The number of rotatable bonds is 7. The molecule has 4 rings (SSSR count). The molecule has 1 amide bonds. The minimum absolute atomic E-state index is 0.0936. The lowest BCUT2D eigenvalue weighted by atomic mass is 9.94. The van der Waals surface area contributed by atoms with Crippen molar-refractivity contribution in [2.75, 3.05) is 13.2 Å². The Bertz CT molecular complexity index is 637. The molecule has 3 nitrogen and oxygen atoms in total. The second kappa shape index (κ2) is 8.21. The fourth-order valence-corrected chi connectivity index (χ4v) is 4.75. The first-order valence-electron chi connectivity index (χ1n) is 10.4. The summed E-state index contributed by atoms with van der Waals surface area (Å²) in [4.78, 5) is 15.0. The maximum absolute atomic E-state index is 12.9. The largest absolute Gasteiger partial charge is 0.494 e. The maximum Gasteiger partial charge on any atom is 0.226 e. The number of amides is 1. The van der Waals surface area contributed by atoms with Crippen LogP contribution in [0.5, 0.6) is 5.75 Å². The Morgan fingerprint density at radius 1 is 1.08 bits per heavy atom. The number of hydrogen-bond donors (Lipinski definition) is 0. The standard InChI is InChI=1S/C22H30ClNO2/c23-21-15-20(26-13-11-16-6-7-16)9-8-17(21)14-18-10-12-24(22(18)25)19-4-2-1-3-5-19/h8-9,15-16,18-19H,1-7,10-14H2. The second-order valence-electron chi connectivity index (χ2n) is 8.35. The zero-order valence-electron chi connectivity index (χ0n) is 15.6. The third-order valence-electron chi connectivity index (χ3n) is 6.35. The highest BCUT2D eigenvalue weighted by atomic mass is 35.5. The topological polar surface area (TPSA) is 29.5 Å². The van der Waals surface area contributed by atoms with Crippen molar-refractivity contribution in [1.82, 2.24) is 4.90 Å². The first kappa shape index (κ1) is 18.2. The van der Waals surface area contributed by atoms with E-state index in [-0.39, 0.29) is 5.92 Å². The molecule has 2 aliphatic carbocycles. The van der Waals surface area contributed by atoms with Crippen molar-refractivity contribution in [3.63, 3.8) is 0 Å². The zero-order chi connectivity index (χ0) is 17.9. The quantitative estimate of drug-likeness (QED) is 0.652. The second-order valence-corrected chi connectivity index (χ2v) is 8.75. The molecule has 1 atom stereocenters. The molecule has 1 aromatic rings. The van der Waals surface area contributed by atoms with Crippen LogP contribution in [0.2, 0.25) is 5.02 Å². The van der Waals surface area contributed by atoms with E-state index in [0.717, 1.165) is 54.7 Å². The van der Waals surface area contributed by atoms with Gasteiger partial charge in [0.15, 0.2) is 0 Å². The Morgan fingerprint density at radius 3 is 2.62 bits per heavy atom. The van der Waals surface area contributed by atoms with Gasteiger partial charge in [0, 0.05) is 23.5 Å². The number of ether oxygens (including phenoxy) is 1. The Balaban J connectivity index is 1.32. The summed E-state index contributed by atoms with van der Waals surface area (Å²) >= 11 is 6.49. The molecule has 3 aliphatic rings. The van der Waals surface area contributed by atoms with Crippen LogP contribution in [0, 0.1) is 11.8 Å². The average Bonchev–Trinajstić information content (AvgIpc) is 3.41. The Morgan fingerprint density at radius 2 is 1.88 bits per heavy atom. The van der Waals surface area contributed by atoms with Crippen molar-refractivity contribution in [2.45, 2.75) is 70.3 Å². The van der Waals surface area contributed by atoms with Gasteiger partial charge in [-0.1, -0.05) is 49.8 Å². The summed E-state index contributed by atoms with van der Waals surface area (Å²) in [6.07, 6.45) is 11.8. The average molecular weight is 376 g/mol. The van der Waals surface area contributed by atoms with Gasteiger partial charge >= 0.3 is 0 Å². The van der Waals surface area contributed by atoms with E-state index in [1.54, 1.807) is 0 Å². The van der Waals surface area contributed by atoms with Gasteiger partial charge in [0.25, 0.3) is 0 Å². The molecule has 4 heteroatoms. The zero-order valence-corrected chi connectivity index (χ0v) is 16.3.